The van der Waals surface area contributed by atoms with Gasteiger partial charge >= 0.3 is 0 Å². The average molecular weight is 337 g/mol. The first-order valence-corrected chi connectivity index (χ1v) is 7.87. The number of rotatable bonds is 4. The van der Waals surface area contributed by atoms with Gasteiger partial charge in [-0.25, -0.2) is 0 Å². The number of likely N-dealkylation sites (N-methyl/N-ethyl adjacent to an activating group) is 1. The first kappa shape index (κ1) is 15.2. The summed E-state index contributed by atoms with van der Waals surface area (Å²) < 4.78 is 15.9. The highest BCUT2D eigenvalue weighted by Gasteiger charge is 2.25. The molecule has 1 amide bonds. The normalized spacial score (nSPS) is 14.0. The molecule has 3 heterocycles. The maximum atomic E-state index is 12.0. The highest BCUT2D eigenvalue weighted by Crippen LogP contribution is 2.35. The zero-order valence-electron chi connectivity index (χ0n) is 13.5. The van der Waals surface area contributed by atoms with Gasteiger partial charge in [0, 0.05) is 18.2 Å². The quantitative estimate of drug-likeness (QED) is 0.727. The Morgan fingerprint density at radius 2 is 2.20 bits per heavy atom. The molecule has 0 unspecified atom stereocenters. The summed E-state index contributed by atoms with van der Waals surface area (Å²) >= 11 is 0. The molecule has 7 nitrogen and oxygen atoms in total. The Bertz CT molecular complexity index is 928. The lowest BCUT2D eigenvalue weighted by Gasteiger charge is -2.28. The number of carbonyl (C=O) groups excluding carboxylic acids is 1. The van der Waals surface area contributed by atoms with E-state index in [0.29, 0.717) is 35.5 Å². The Labute approximate surface area is 143 Å². The van der Waals surface area contributed by atoms with E-state index in [2.05, 4.69) is 10.1 Å². The van der Waals surface area contributed by atoms with Crippen LogP contribution >= 0.6 is 0 Å². The Morgan fingerprint density at radius 3 is 3.00 bits per heavy atom. The van der Waals surface area contributed by atoms with Gasteiger partial charge in [0.25, 0.3) is 11.8 Å². The largest absolute Gasteiger partial charge is 0.482 e. The van der Waals surface area contributed by atoms with Gasteiger partial charge in [0.1, 0.15) is 11.5 Å². The molecule has 0 fully saturated rings. The minimum Gasteiger partial charge on any atom is -0.482 e. The molecule has 2 aromatic heterocycles. The third kappa shape index (κ3) is 2.91. The second kappa shape index (κ2) is 6.27. The molecule has 0 radical (unpaired) electrons. The zero-order valence-corrected chi connectivity index (χ0v) is 13.5. The summed E-state index contributed by atoms with van der Waals surface area (Å²) in [6.07, 6.45) is 5.02. The van der Waals surface area contributed by atoms with Crippen LogP contribution in [0.15, 0.2) is 45.5 Å². The molecule has 3 aromatic rings. The number of hydrogen-bond acceptors (Lipinski definition) is 6. The summed E-state index contributed by atoms with van der Waals surface area (Å²) in [5, 5.41) is 3.99. The maximum absolute atomic E-state index is 12.0. The van der Waals surface area contributed by atoms with Crippen molar-refractivity contribution in [3.05, 3.63) is 48.2 Å². The van der Waals surface area contributed by atoms with E-state index < -0.39 is 0 Å². The molecule has 126 valence electrons. The van der Waals surface area contributed by atoms with Gasteiger partial charge < -0.3 is 18.6 Å². The lowest BCUT2D eigenvalue weighted by atomic mass is 10.1. The third-order valence-corrected chi connectivity index (χ3v) is 3.85. The van der Waals surface area contributed by atoms with Crippen LogP contribution in [0.1, 0.15) is 18.6 Å². The van der Waals surface area contributed by atoms with Crippen molar-refractivity contribution in [2.45, 2.75) is 6.92 Å². The maximum Gasteiger partial charge on any atom is 0.265 e. The molecular formula is C18H15N3O4. The number of amides is 1. The Balaban J connectivity index is 1.63. The summed E-state index contributed by atoms with van der Waals surface area (Å²) in [5.74, 6) is 2.11. The van der Waals surface area contributed by atoms with Crippen LogP contribution in [-0.4, -0.2) is 29.2 Å². The van der Waals surface area contributed by atoms with Crippen LogP contribution in [0.3, 0.4) is 0 Å². The molecule has 1 aliphatic heterocycles. The van der Waals surface area contributed by atoms with E-state index in [-0.39, 0.29) is 12.5 Å². The average Bonchev–Trinajstić information content (AvgIpc) is 3.31. The number of benzene rings is 1. The minimum atomic E-state index is -0.0673. The van der Waals surface area contributed by atoms with Gasteiger partial charge in [0.2, 0.25) is 5.82 Å². The number of anilines is 1. The SMILES string of the molecule is CCN1C(=O)COc2ccc(-c3noc(/C=C/c4ccco4)n3)cc21. The highest BCUT2D eigenvalue weighted by molar-refractivity contribution is 5.98. The number of carbonyl (C=O) groups is 1. The van der Waals surface area contributed by atoms with Crippen molar-refractivity contribution in [2.24, 2.45) is 0 Å². The smallest absolute Gasteiger partial charge is 0.265 e. The fourth-order valence-electron chi connectivity index (χ4n) is 2.65. The van der Waals surface area contributed by atoms with Gasteiger partial charge in [0.15, 0.2) is 6.61 Å². The molecule has 0 saturated heterocycles. The van der Waals surface area contributed by atoms with Crippen LogP contribution in [0.5, 0.6) is 5.75 Å². The van der Waals surface area contributed by atoms with Crippen LogP contribution in [0.2, 0.25) is 0 Å². The minimum absolute atomic E-state index is 0.0596. The van der Waals surface area contributed by atoms with Crippen LogP contribution < -0.4 is 9.64 Å². The van der Waals surface area contributed by atoms with Crippen molar-refractivity contribution in [2.75, 3.05) is 18.1 Å². The Kier molecular flexibility index (Phi) is 3.81. The topological polar surface area (TPSA) is 81.6 Å². The molecule has 0 bridgehead atoms. The lowest BCUT2D eigenvalue weighted by Crippen LogP contribution is -2.38. The van der Waals surface area contributed by atoms with Crippen LogP contribution in [0.4, 0.5) is 5.69 Å². The number of nitrogens with zero attached hydrogens (tertiary/aromatic N) is 3. The molecule has 0 aliphatic carbocycles. The second-order valence-electron chi connectivity index (χ2n) is 5.41. The van der Waals surface area contributed by atoms with E-state index in [1.807, 2.05) is 31.2 Å². The number of ether oxygens (including phenoxy) is 1. The van der Waals surface area contributed by atoms with Crippen molar-refractivity contribution in [3.8, 4) is 17.1 Å². The summed E-state index contributed by atoms with van der Waals surface area (Å²) in [7, 11) is 0. The molecule has 0 N–H and O–H groups in total. The van der Waals surface area contributed by atoms with E-state index in [0.717, 1.165) is 5.56 Å². The fraction of sp³-hybridized carbons (Fsp3) is 0.167. The molecule has 1 aromatic carbocycles. The van der Waals surface area contributed by atoms with Gasteiger partial charge in [-0.05, 0) is 43.3 Å². The first-order chi connectivity index (χ1) is 12.2. The molecule has 25 heavy (non-hydrogen) atoms. The van der Waals surface area contributed by atoms with Crippen molar-refractivity contribution >= 4 is 23.7 Å². The third-order valence-electron chi connectivity index (χ3n) is 3.85. The molecule has 1 aliphatic rings. The number of furan rings is 1. The molecule has 7 heteroatoms. The summed E-state index contributed by atoms with van der Waals surface area (Å²) in [6.45, 7) is 2.55. The van der Waals surface area contributed by atoms with E-state index in [1.165, 1.54) is 0 Å². The number of hydrogen-bond donors (Lipinski definition) is 0. The predicted octanol–water partition coefficient (Wildman–Crippen LogP) is 3.25. The van der Waals surface area contributed by atoms with Crippen molar-refractivity contribution in [3.63, 3.8) is 0 Å². The van der Waals surface area contributed by atoms with E-state index in [1.54, 1.807) is 29.4 Å². The summed E-state index contributed by atoms with van der Waals surface area (Å²) in [4.78, 5) is 18.0. The second-order valence-corrected chi connectivity index (χ2v) is 5.41. The van der Waals surface area contributed by atoms with E-state index >= 15 is 0 Å². The van der Waals surface area contributed by atoms with Crippen molar-refractivity contribution in [1.82, 2.24) is 10.1 Å². The Hall–Kier alpha value is -3.35. The van der Waals surface area contributed by atoms with Gasteiger partial charge in [-0.3, -0.25) is 4.79 Å². The van der Waals surface area contributed by atoms with Crippen LogP contribution in [0, 0.1) is 0 Å². The van der Waals surface area contributed by atoms with Gasteiger partial charge in [-0.15, -0.1) is 0 Å². The van der Waals surface area contributed by atoms with Crippen molar-refractivity contribution in [1.29, 1.82) is 0 Å². The molecular weight excluding hydrogens is 322 g/mol. The summed E-state index contributed by atoms with van der Waals surface area (Å²) in [6, 6.07) is 9.12. The van der Waals surface area contributed by atoms with E-state index in [9.17, 15) is 4.79 Å². The van der Waals surface area contributed by atoms with Gasteiger partial charge in [-0.2, -0.15) is 4.98 Å². The van der Waals surface area contributed by atoms with Gasteiger partial charge in [-0.1, -0.05) is 5.16 Å². The van der Waals surface area contributed by atoms with Crippen molar-refractivity contribution < 1.29 is 18.5 Å². The molecule has 0 atom stereocenters. The summed E-state index contributed by atoms with van der Waals surface area (Å²) in [5.41, 5.74) is 1.46. The van der Waals surface area contributed by atoms with Crippen LogP contribution in [0.25, 0.3) is 23.5 Å². The predicted molar refractivity (Wildman–Crippen MR) is 90.9 cm³/mol. The Morgan fingerprint density at radius 1 is 1.28 bits per heavy atom. The monoisotopic (exact) mass is 337 g/mol. The van der Waals surface area contributed by atoms with E-state index in [4.69, 9.17) is 13.7 Å². The standard InChI is InChI=1S/C18H15N3O4/c1-2-21-14-10-12(5-7-15(14)24-11-17(21)22)18-19-16(25-20-18)8-6-13-4-3-9-23-13/h3-10H,2,11H2,1H3/b8-6+. The molecule has 0 saturated carbocycles. The van der Waals surface area contributed by atoms with Crippen LogP contribution in [-0.2, 0) is 4.79 Å². The first-order valence-electron chi connectivity index (χ1n) is 7.87. The highest BCUT2D eigenvalue weighted by atomic mass is 16.5. The number of aromatic nitrogens is 2. The zero-order chi connectivity index (χ0) is 17.2. The molecule has 4 rings (SSSR count). The lowest BCUT2D eigenvalue weighted by molar-refractivity contribution is -0.121. The number of fused-ring (bicyclic) bond motifs is 1. The molecule has 0 spiro atoms. The fourth-order valence-corrected chi connectivity index (χ4v) is 2.65. The van der Waals surface area contributed by atoms with Gasteiger partial charge in [0.05, 0.1) is 12.0 Å².